The van der Waals surface area contributed by atoms with Crippen molar-refractivity contribution >= 4 is 46.7 Å². The number of anilines is 2. The first-order chi connectivity index (χ1) is 16.3. The van der Waals surface area contributed by atoms with Gasteiger partial charge in [-0.1, -0.05) is 17.7 Å². The lowest BCUT2D eigenvalue weighted by Gasteiger charge is -2.25. The molecule has 2 aromatic carbocycles. The number of hydrogen-bond donors (Lipinski definition) is 0. The minimum Gasteiger partial charge on any atom is -0.465 e. The third-order valence-electron chi connectivity index (χ3n) is 5.44. The van der Waals surface area contributed by atoms with Crippen molar-refractivity contribution in [3.8, 4) is 0 Å². The van der Waals surface area contributed by atoms with E-state index in [4.69, 9.17) is 21.1 Å². The summed E-state index contributed by atoms with van der Waals surface area (Å²) < 4.78 is 9.73. The van der Waals surface area contributed by atoms with Crippen LogP contribution in [0.3, 0.4) is 0 Å². The minimum absolute atomic E-state index is 0.0123. The molecule has 0 saturated carbocycles. The van der Waals surface area contributed by atoms with Crippen LogP contribution in [0.5, 0.6) is 0 Å². The summed E-state index contributed by atoms with van der Waals surface area (Å²) in [6, 6.07) is 9.48. The van der Waals surface area contributed by atoms with Gasteiger partial charge < -0.3 is 14.4 Å². The topological polar surface area (TPSA) is 93.2 Å². The van der Waals surface area contributed by atoms with Crippen LogP contribution < -0.4 is 9.80 Å². The Morgan fingerprint density at radius 3 is 2.26 bits per heavy atom. The summed E-state index contributed by atoms with van der Waals surface area (Å²) in [5.41, 5.74) is 1.97. The second-order valence-electron chi connectivity index (χ2n) is 7.42. The monoisotopic (exact) mass is 478 g/mol. The minimum atomic E-state index is -0.740. The van der Waals surface area contributed by atoms with Crippen molar-refractivity contribution in [2.24, 2.45) is 0 Å². The highest BCUT2D eigenvalue weighted by Gasteiger charge is 2.37. The highest BCUT2D eigenvalue weighted by atomic mass is 35.5. The molecule has 172 valence electrons. The molecule has 2 amide bonds. The van der Waals surface area contributed by atoms with Gasteiger partial charge in [0.2, 0.25) is 0 Å². The quantitative estimate of drug-likeness (QED) is 0.485. The molecule has 0 saturated heterocycles. The number of esters is 2. The maximum absolute atomic E-state index is 13.0. The van der Waals surface area contributed by atoms with Crippen LogP contribution in [-0.4, -0.2) is 38.0 Å². The summed E-state index contributed by atoms with van der Waals surface area (Å²) in [7, 11) is 2.43. The van der Waals surface area contributed by atoms with Crippen LogP contribution in [0.4, 0.5) is 11.4 Å². The standard InChI is InChI=1S/C25H19ClN2O6/c1-14-12-16(27-11-5-4-6-18(24(31)33-2)21(27)25(32)34-3)8-10-20(14)28-22(29)17-9-7-15(26)13-19(17)23(28)30/h4-13H,1-3H3. The Balaban J connectivity index is 1.78. The molecule has 0 radical (unpaired) electrons. The number of carbonyl (C=O) groups excluding carboxylic acids is 4. The van der Waals surface area contributed by atoms with Gasteiger partial charge in [-0.25, -0.2) is 14.5 Å². The molecule has 34 heavy (non-hydrogen) atoms. The number of nitrogens with zero attached hydrogens (tertiary/aromatic N) is 2. The van der Waals surface area contributed by atoms with E-state index in [0.29, 0.717) is 22.0 Å². The molecular weight excluding hydrogens is 460 g/mol. The van der Waals surface area contributed by atoms with E-state index in [2.05, 4.69) is 0 Å². The number of allylic oxidation sites excluding steroid dienone is 2. The van der Waals surface area contributed by atoms with Crippen LogP contribution in [0, 0.1) is 6.92 Å². The summed E-state index contributed by atoms with van der Waals surface area (Å²) >= 11 is 6.00. The summed E-state index contributed by atoms with van der Waals surface area (Å²) in [4.78, 5) is 53.5. The Morgan fingerprint density at radius 1 is 0.882 bits per heavy atom. The Morgan fingerprint density at radius 2 is 1.59 bits per heavy atom. The zero-order chi connectivity index (χ0) is 24.6. The van der Waals surface area contributed by atoms with Crippen LogP contribution in [0.2, 0.25) is 5.02 Å². The van der Waals surface area contributed by atoms with E-state index in [-0.39, 0.29) is 22.4 Å². The van der Waals surface area contributed by atoms with Gasteiger partial charge in [-0.05, 0) is 61.0 Å². The van der Waals surface area contributed by atoms with E-state index in [1.165, 1.54) is 37.3 Å². The van der Waals surface area contributed by atoms with Crippen LogP contribution in [0.1, 0.15) is 26.3 Å². The highest BCUT2D eigenvalue weighted by molar-refractivity contribution is 6.37. The Kier molecular flexibility index (Phi) is 6.08. The number of carbonyl (C=O) groups is 4. The van der Waals surface area contributed by atoms with Gasteiger partial charge in [0, 0.05) is 16.9 Å². The molecule has 0 aliphatic carbocycles. The zero-order valence-corrected chi connectivity index (χ0v) is 19.3. The maximum Gasteiger partial charge on any atom is 0.355 e. The van der Waals surface area contributed by atoms with Crippen molar-refractivity contribution in [1.29, 1.82) is 0 Å². The van der Waals surface area contributed by atoms with Crippen LogP contribution >= 0.6 is 11.6 Å². The lowest BCUT2D eigenvalue weighted by molar-refractivity contribution is -0.139. The van der Waals surface area contributed by atoms with Gasteiger partial charge in [-0.2, -0.15) is 0 Å². The molecule has 0 atom stereocenters. The molecule has 2 aliphatic rings. The van der Waals surface area contributed by atoms with Crippen molar-refractivity contribution in [3.63, 3.8) is 0 Å². The number of rotatable bonds is 4. The number of imide groups is 1. The number of benzene rings is 2. The maximum atomic E-state index is 13.0. The molecule has 0 N–H and O–H groups in total. The van der Waals surface area contributed by atoms with E-state index in [1.54, 1.807) is 49.5 Å². The molecule has 0 bridgehead atoms. The first kappa shape index (κ1) is 23.0. The Bertz CT molecular complexity index is 1340. The molecule has 2 heterocycles. The first-order valence-corrected chi connectivity index (χ1v) is 10.5. The zero-order valence-electron chi connectivity index (χ0n) is 18.5. The molecule has 0 spiro atoms. The average molecular weight is 479 g/mol. The largest absolute Gasteiger partial charge is 0.465 e. The second-order valence-corrected chi connectivity index (χ2v) is 7.86. The second kappa shape index (κ2) is 8.99. The van der Waals surface area contributed by atoms with E-state index >= 15 is 0 Å². The Labute approximate surface area is 200 Å². The van der Waals surface area contributed by atoms with E-state index in [0.717, 1.165) is 4.90 Å². The van der Waals surface area contributed by atoms with Gasteiger partial charge in [0.1, 0.15) is 5.70 Å². The predicted octanol–water partition coefficient (Wildman–Crippen LogP) is 3.94. The van der Waals surface area contributed by atoms with Crippen LogP contribution in [0.15, 0.2) is 72.1 Å². The fraction of sp³-hybridized carbons (Fsp3) is 0.120. The number of aryl methyl sites for hydroxylation is 1. The molecule has 0 unspecified atom stereocenters. The Hall–Kier alpha value is -4.17. The van der Waals surface area contributed by atoms with Gasteiger partial charge in [0.15, 0.2) is 0 Å². The van der Waals surface area contributed by atoms with Gasteiger partial charge in [-0.15, -0.1) is 0 Å². The summed E-state index contributed by atoms with van der Waals surface area (Å²) in [5, 5.41) is 0.360. The number of halogens is 1. The number of ether oxygens (including phenoxy) is 2. The lowest BCUT2D eigenvalue weighted by Crippen LogP contribution is -2.30. The summed E-state index contributed by atoms with van der Waals surface area (Å²) in [6.07, 6.45) is 6.30. The SMILES string of the molecule is COC(=O)C1=C(C(=O)OC)N(c2ccc(N3C(=O)c4ccc(Cl)cc4C3=O)c(C)c2)C=CC=C1. The fourth-order valence-electron chi connectivity index (χ4n) is 3.84. The third kappa shape index (κ3) is 3.78. The molecule has 0 aromatic heterocycles. The third-order valence-corrected chi connectivity index (χ3v) is 5.67. The molecular formula is C25H19ClN2O6. The van der Waals surface area contributed by atoms with Gasteiger partial charge in [0.05, 0.1) is 36.6 Å². The van der Waals surface area contributed by atoms with Crippen molar-refractivity contribution < 1.29 is 28.7 Å². The molecule has 2 aliphatic heterocycles. The normalized spacial score (nSPS) is 14.9. The van der Waals surface area contributed by atoms with Gasteiger partial charge in [-0.3, -0.25) is 9.59 Å². The molecule has 9 heteroatoms. The number of methoxy groups -OCH3 is 2. The van der Waals surface area contributed by atoms with E-state index < -0.39 is 23.8 Å². The van der Waals surface area contributed by atoms with Crippen molar-refractivity contribution in [1.82, 2.24) is 0 Å². The molecule has 0 fully saturated rings. The van der Waals surface area contributed by atoms with E-state index in [9.17, 15) is 19.2 Å². The van der Waals surface area contributed by atoms with Gasteiger partial charge in [0.25, 0.3) is 11.8 Å². The van der Waals surface area contributed by atoms with E-state index in [1.807, 2.05) is 0 Å². The van der Waals surface area contributed by atoms with Gasteiger partial charge >= 0.3 is 11.9 Å². The molecule has 4 rings (SSSR count). The number of amides is 2. The summed E-state index contributed by atoms with van der Waals surface area (Å²) in [6.45, 7) is 1.73. The first-order valence-electron chi connectivity index (χ1n) is 10.1. The molecule has 2 aromatic rings. The highest BCUT2D eigenvalue weighted by Crippen LogP contribution is 2.35. The van der Waals surface area contributed by atoms with Crippen LogP contribution in [0.25, 0.3) is 0 Å². The predicted molar refractivity (Wildman–Crippen MR) is 126 cm³/mol. The molecule has 8 nitrogen and oxygen atoms in total. The van der Waals surface area contributed by atoms with Crippen molar-refractivity contribution in [2.75, 3.05) is 24.0 Å². The number of fused-ring (bicyclic) bond motifs is 1. The average Bonchev–Trinajstić information content (AvgIpc) is 2.98. The fourth-order valence-corrected chi connectivity index (χ4v) is 4.01. The number of hydrogen-bond acceptors (Lipinski definition) is 7. The lowest BCUT2D eigenvalue weighted by atomic mass is 10.1. The van der Waals surface area contributed by atoms with Crippen LogP contribution in [-0.2, 0) is 19.1 Å². The van der Waals surface area contributed by atoms with Crippen molar-refractivity contribution in [2.45, 2.75) is 6.92 Å². The summed E-state index contributed by atoms with van der Waals surface area (Å²) in [5.74, 6) is -2.37. The smallest absolute Gasteiger partial charge is 0.355 e. The van der Waals surface area contributed by atoms with Crippen molar-refractivity contribution in [3.05, 3.63) is 93.8 Å².